The number of nitrogens with zero attached hydrogens (tertiary/aromatic N) is 6. The predicted molar refractivity (Wildman–Crippen MR) is 133 cm³/mol. The highest BCUT2D eigenvalue weighted by molar-refractivity contribution is 5.95. The molecule has 0 aromatic carbocycles. The normalized spacial score (nSPS) is 14.4. The third-order valence-electron chi connectivity index (χ3n) is 5.89. The minimum Gasteiger partial charge on any atom is -0.379 e. The van der Waals surface area contributed by atoms with Crippen LogP contribution < -0.4 is 21.9 Å². The van der Waals surface area contributed by atoms with Gasteiger partial charge in [-0.05, 0) is 31.4 Å². The van der Waals surface area contributed by atoms with E-state index in [2.05, 4.69) is 20.3 Å². The number of nitrogens with one attached hydrogen (secondary N) is 1. The number of hydrogen-bond donors (Lipinski definition) is 3. The number of rotatable bonds is 14. The number of hydrazine groups is 1. The summed E-state index contributed by atoms with van der Waals surface area (Å²) in [7, 11) is 0. The van der Waals surface area contributed by atoms with E-state index in [1.54, 1.807) is 18.6 Å². The summed E-state index contributed by atoms with van der Waals surface area (Å²) < 4.78 is 5.38. The summed E-state index contributed by atoms with van der Waals surface area (Å²) in [5, 5.41) is 8.82. The van der Waals surface area contributed by atoms with Gasteiger partial charge in [-0.2, -0.15) is 5.26 Å². The van der Waals surface area contributed by atoms with E-state index in [4.69, 9.17) is 21.6 Å². The summed E-state index contributed by atoms with van der Waals surface area (Å²) in [6.45, 7) is 6.57. The van der Waals surface area contributed by atoms with Gasteiger partial charge in [-0.25, -0.2) is 10.6 Å². The fourth-order valence-electron chi connectivity index (χ4n) is 4.01. The monoisotopic (exact) mass is 473 g/mol. The van der Waals surface area contributed by atoms with E-state index in [0.717, 1.165) is 83.5 Å². The lowest BCUT2D eigenvalue weighted by atomic mass is 10.1. The van der Waals surface area contributed by atoms with Crippen molar-refractivity contribution in [1.29, 1.82) is 5.26 Å². The number of guanidine groups is 1. The standard InChI is InChI=1S/C23H39N9O2/c24-20-28-22(25)32(21-8-10-27-11-9-21)15-6-4-2-1-3-5-13-31(23(33)29-26)14-7-12-30-16-18-34-19-17-30/h8-11H,1-7,12-19,26H2,(H2,25,28)(H,29,33). The molecule has 0 aliphatic carbocycles. The Labute approximate surface area is 202 Å². The van der Waals surface area contributed by atoms with Gasteiger partial charge in [0, 0.05) is 57.3 Å². The molecule has 0 bridgehead atoms. The second-order valence-electron chi connectivity index (χ2n) is 8.29. The van der Waals surface area contributed by atoms with Gasteiger partial charge in [-0.1, -0.05) is 25.7 Å². The Morgan fingerprint density at radius 1 is 1.09 bits per heavy atom. The number of morpholine rings is 1. The molecule has 188 valence electrons. The van der Waals surface area contributed by atoms with Crippen molar-refractivity contribution in [3.05, 3.63) is 24.5 Å². The Balaban J connectivity index is 1.61. The van der Waals surface area contributed by atoms with Crippen LogP contribution in [0.5, 0.6) is 0 Å². The molecule has 5 N–H and O–H groups in total. The molecule has 11 nitrogen and oxygen atoms in total. The largest absolute Gasteiger partial charge is 0.379 e. The van der Waals surface area contributed by atoms with Crippen molar-refractivity contribution in [2.45, 2.75) is 44.9 Å². The first-order valence-corrected chi connectivity index (χ1v) is 12.1. The number of carbonyl (C=O) groups is 1. The maximum absolute atomic E-state index is 12.1. The van der Waals surface area contributed by atoms with E-state index >= 15 is 0 Å². The van der Waals surface area contributed by atoms with Gasteiger partial charge >= 0.3 is 6.03 Å². The maximum atomic E-state index is 12.1. The van der Waals surface area contributed by atoms with Crippen LogP contribution in [0.2, 0.25) is 0 Å². The lowest BCUT2D eigenvalue weighted by molar-refractivity contribution is 0.0365. The number of nitriles is 1. The number of amides is 2. The fraction of sp³-hybridized carbons (Fsp3) is 0.652. The van der Waals surface area contributed by atoms with Gasteiger partial charge in [0.25, 0.3) is 0 Å². The van der Waals surface area contributed by atoms with Crippen molar-refractivity contribution in [2.24, 2.45) is 16.6 Å². The number of nitrogens with two attached hydrogens (primary N) is 2. The van der Waals surface area contributed by atoms with Gasteiger partial charge in [0.1, 0.15) is 0 Å². The Morgan fingerprint density at radius 2 is 1.71 bits per heavy atom. The number of carbonyl (C=O) groups excluding carboxylic acids is 1. The highest BCUT2D eigenvalue weighted by Crippen LogP contribution is 2.14. The molecule has 1 aromatic heterocycles. The molecular weight excluding hydrogens is 434 g/mol. The van der Waals surface area contributed by atoms with Crippen LogP contribution in [0, 0.1) is 11.5 Å². The fourth-order valence-corrected chi connectivity index (χ4v) is 4.01. The number of aromatic nitrogens is 1. The van der Waals surface area contributed by atoms with Crippen LogP contribution in [0.3, 0.4) is 0 Å². The van der Waals surface area contributed by atoms with Gasteiger partial charge in [-0.3, -0.25) is 15.3 Å². The number of pyridine rings is 1. The lowest BCUT2D eigenvalue weighted by Gasteiger charge is -2.28. The first-order chi connectivity index (χ1) is 16.7. The quantitative estimate of drug-likeness (QED) is 0.0702. The molecular formula is C23H39N9O2. The molecule has 11 heteroatoms. The molecule has 0 spiro atoms. The summed E-state index contributed by atoms with van der Waals surface area (Å²) in [6.07, 6.45) is 12.3. The molecule has 2 amide bonds. The second-order valence-corrected chi connectivity index (χ2v) is 8.29. The van der Waals surface area contributed by atoms with Crippen molar-refractivity contribution in [1.82, 2.24) is 20.2 Å². The zero-order valence-corrected chi connectivity index (χ0v) is 20.1. The average Bonchev–Trinajstić information content (AvgIpc) is 2.87. The van der Waals surface area contributed by atoms with Gasteiger partial charge < -0.3 is 20.3 Å². The summed E-state index contributed by atoms with van der Waals surface area (Å²) >= 11 is 0. The number of anilines is 1. The van der Waals surface area contributed by atoms with Gasteiger partial charge in [-0.15, -0.1) is 4.99 Å². The minimum atomic E-state index is -0.213. The van der Waals surface area contributed by atoms with Gasteiger partial charge in [0.15, 0.2) is 0 Å². The van der Waals surface area contributed by atoms with E-state index in [-0.39, 0.29) is 12.0 Å². The molecule has 1 aliphatic rings. The third-order valence-corrected chi connectivity index (χ3v) is 5.89. The van der Waals surface area contributed by atoms with E-state index in [9.17, 15) is 4.79 Å². The van der Waals surface area contributed by atoms with Crippen LogP contribution in [0.25, 0.3) is 0 Å². The summed E-state index contributed by atoms with van der Waals surface area (Å²) in [5.74, 6) is 5.56. The van der Waals surface area contributed by atoms with Crippen LogP contribution in [-0.2, 0) is 4.74 Å². The maximum Gasteiger partial charge on any atom is 0.331 e. The van der Waals surface area contributed by atoms with E-state index in [1.807, 2.05) is 21.9 Å². The zero-order chi connectivity index (χ0) is 24.4. The molecule has 2 rings (SSSR count). The van der Waals surface area contributed by atoms with Crippen LogP contribution in [0.4, 0.5) is 10.5 Å². The molecule has 0 saturated carbocycles. The van der Waals surface area contributed by atoms with Crippen molar-refractivity contribution in [3.63, 3.8) is 0 Å². The highest BCUT2D eigenvalue weighted by Gasteiger charge is 2.14. The number of aliphatic imine (C=N–C) groups is 1. The molecule has 1 aromatic rings. The Kier molecular flexibility index (Phi) is 13.4. The van der Waals surface area contributed by atoms with Gasteiger partial charge in [0.2, 0.25) is 12.2 Å². The molecule has 1 saturated heterocycles. The van der Waals surface area contributed by atoms with Crippen molar-refractivity contribution < 1.29 is 9.53 Å². The summed E-state index contributed by atoms with van der Waals surface area (Å²) in [4.78, 5) is 25.8. The first-order valence-electron chi connectivity index (χ1n) is 12.1. The predicted octanol–water partition coefficient (Wildman–Crippen LogP) is 1.63. The molecule has 1 aliphatic heterocycles. The summed E-state index contributed by atoms with van der Waals surface area (Å²) in [5.41, 5.74) is 9.10. The Bertz CT molecular complexity index is 763. The van der Waals surface area contributed by atoms with Crippen molar-refractivity contribution in [3.8, 4) is 6.19 Å². The number of hydrogen-bond acceptors (Lipinski definition) is 7. The second kappa shape index (κ2) is 16.6. The number of urea groups is 1. The third kappa shape index (κ3) is 10.3. The van der Waals surface area contributed by atoms with E-state index in [1.165, 1.54) is 0 Å². The molecule has 0 atom stereocenters. The Morgan fingerprint density at radius 3 is 2.35 bits per heavy atom. The van der Waals surface area contributed by atoms with Crippen LogP contribution >= 0.6 is 0 Å². The van der Waals surface area contributed by atoms with Crippen LogP contribution in [-0.4, -0.2) is 79.3 Å². The lowest BCUT2D eigenvalue weighted by Crippen LogP contribution is -2.45. The molecule has 0 radical (unpaired) electrons. The molecule has 34 heavy (non-hydrogen) atoms. The highest BCUT2D eigenvalue weighted by atomic mass is 16.5. The van der Waals surface area contributed by atoms with Crippen molar-refractivity contribution >= 4 is 17.7 Å². The van der Waals surface area contributed by atoms with Crippen LogP contribution in [0.1, 0.15) is 44.9 Å². The number of ether oxygens (including phenoxy) is 1. The number of unbranched alkanes of at least 4 members (excludes halogenated alkanes) is 5. The zero-order valence-electron chi connectivity index (χ0n) is 20.1. The Hall–Kier alpha value is -2.94. The van der Waals surface area contributed by atoms with Crippen molar-refractivity contribution in [2.75, 3.05) is 57.4 Å². The van der Waals surface area contributed by atoms with Gasteiger partial charge in [0.05, 0.1) is 13.2 Å². The SMILES string of the molecule is N#CN=C(N)N(CCCCCCCCN(CCCN1CCOCC1)C(=O)NN)c1ccncc1. The van der Waals surface area contributed by atoms with E-state index < -0.39 is 0 Å². The molecule has 1 fully saturated rings. The molecule has 2 heterocycles. The van der Waals surface area contributed by atoms with E-state index in [0.29, 0.717) is 19.6 Å². The smallest absolute Gasteiger partial charge is 0.331 e. The minimum absolute atomic E-state index is 0.195. The topological polar surface area (TPSA) is 149 Å². The first kappa shape index (κ1) is 27.3. The van der Waals surface area contributed by atoms with Crippen LogP contribution in [0.15, 0.2) is 29.5 Å². The summed E-state index contributed by atoms with van der Waals surface area (Å²) in [6, 6.07) is 3.49. The molecule has 0 unspecified atom stereocenters. The average molecular weight is 474 g/mol.